The van der Waals surface area contributed by atoms with Crippen molar-refractivity contribution in [1.82, 2.24) is 0 Å². The van der Waals surface area contributed by atoms with E-state index < -0.39 is 6.10 Å². The molecular formula is C47H86O5. The molecule has 0 aromatic carbocycles. The van der Waals surface area contributed by atoms with Crippen LogP contribution in [-0.4, -0.2) is 37.9 Å². The van der Waals surface area contributed by atoms with Crippen molar-refractivity contribution in [2.75, 3.05) is 19.8 Å². The lowest BCUT2D eigenvalue weighted by Crippen LogP contribution is -2.30. The van der Waals surface area contributed by atoms with Crippen LogP contribution in [0.1, 0.15) is 226 Å². The van der Waals surface area contributed by atoms with Gasteiger partial charge >= 0.3 is 11.9 Å². The van der Waals surface area contributed by atoms with Crippen LogP contribution in [0.2, 0.25) is 0 Å². The zero-order chi connectivity index (χ0) is 37.8. The highest BCUT2D eigenvalue weighted by molar-refractivity contribution is 5.70. The fourth-order valence-electron chi connectivity index (χ4n) is 6.35. The van der Waals surface area contributed by atoms with Crippen LogP contribution in [0.3, 0.4) is 0 Å². The summed E-state index contributed by atoms with van der Waals surface area (Å²) in [5.41, 5.74) is 0. The summed E-state index contributed by atoms with van der Waals surface area (Å²) in [5.74, 6) is -0.408. The summed E-state index contributed by atoms with van der Waals surface area (Å²) in [6, 6.07) is 0. The summed E-state index contributed by atoms with van der Waals surface area (Å²) >= 11 is 0. The largest absolute Gasteiger partial charge is 0.462 e. The molecule has 0 aliphatic rings. The molecule has 0 radical (unpaired) electrons. The molecule has 0 spiro atoms. The van der Waals surface area contributed by atoms with Gasteiger partial charge < -0.3 is 14.2 Å². The van der Waals surface area contributed by atoms with Gasteiger partial charge in [-0.05, 0) is 51.4 Å². The molecule has 0 saturated heterocycles. The van der Waals surface area contributed by atoms with Gasteiger partial charge in [-0.2, -0.15) is 0 Å². The molecule has 5 nitrogen and oxygen atoms in total. The Morgan fingerprint density at radius 1 is 0.442 bits per heavy atom. The molecule has 0 N–H and O–H groups in total. The van der Waals surface area contributed by atoms with Crippen molar-refractivity contribution in [3.8, 4) is 0 Å². The first-order valence-electron chi connectivity index (χ1n) is 22.5. The molecule has 304 valence electrons. The van der Waals surface area contributed by atoms with Crippen LogP contribution in [0.4, 0.5) is 0 Å². The Balaban J connectivity index is 4.16. The number of allylic oxidation sites excluding steroid dienone is 6. The van der Waals surface area contributed by atoms with Crippen LogP contribution in [0.15, 0.2) is 36.5 Å². The molecule has 0 bridgehead atoms. The van der Waals surface area contributed by atoms with Crippen molar-refractivity contribution >= 4 is 11.9 Å². The van der Waals surface area contributed by atoms with Crippen LogP contribution < -0.4 is 0 Å². The molecular weight excluding hydrogens is 645 g/mol. The van der Waals surface area contributed by atoms with E-state index in [9.17, 15) is 9.59 Å². The van der Waals surface area contributed by atoms with Gasteiger partial charge in [0.1, 0.15) is 6.61 Å². The number of hydrogen-bond acceptors (Lipinski definition) is 5. The van der Waals surface area contributed by atoms with E-state index in [4.69, 9.17) is 14.2 Å². The van der Waals surface area contributed by atoms with E-state index in [1.807, 2.05) is 0 Å². The van der Waals surface area contributed by atoms with E-state index in [-0.39, 0.29) is 25.2 Å². The fourth-order valence-corrected chi connectivity index (χ4v) is 6.35. The maximum absolute atomic E-state index is 12.6. The third kappa shape index (κ3) is 40.9. The highest BCUT2D eigenvalue weighted by atomic mass is 16.6. The minimum Gasteiger partial charge on any atom is -0.462 e. The van der Waals surface area contributed by atoms with E-state index in [0.717, 1.165) is 64.2 Å². The van der Waals surface area contributed by atoms with Gasteiger partial charge in [0, 0.05) is 19.4 Å². The van der Waals surface area contributed by atoms with Gasteiger partial charge in [0.05, 0.1) is 6.61 Å². The monoisotopic (exact) mass is 731 g/mol. The number of unbranched alkanes of at least 4 members (excludes halogenated alkanes) is 24. The Labute approximate surface area is 323 Å². The van der Waals surface area contributed by atoms with Crippen molar-refractivity contribution in [1.29, 1.82) is 0 Å². The second-order valence-corrected chi connectivity index (χ2v) is 14.9. The molecule has 0 rings (SSSR count). The lowest BCUT2D eigenvalue weighted by molar-refractivity contribution is -0.163. The Bertz CT molecular complexity index is 832. The molecule has 0 aliphatic heterocycles. The second-order valence-electron chi connectivity index (χ2n) is 14.9. The highest BCUT2D eigenvalue weighted by Gasteiger charge is 2.17. The second kappa shape index (κ2) is 43.5. The molecule has 1 unspecified atom stereocenters. The molecule has 0 aromatic heterocycles. The van der Waals surface area contributed by atoms with E-state index >= 15 is 0 Å². The van der Waals surface area contributed by atoms with Crippen molar-refractivity contribution in [2.24, 2.45) is 0 Å². The lowest BCUT2D eigenvalue weighted by atomic mass is 10.0. The number of ether oxygens (including phenoxy) is 3. The van der Waals surface area contributed by atoms with Crippen molar-refractivity contribution < 1.29 is 23.8 Å². The number of carbonyl (C=O) groups excluding carboxylic acids is 2. The van der Waals surface area contributed by atoms with Crippen LogP contribution in [0, 0.1) is 0 Å². The summed E-state index contributed by atoms with van der Waals surface area (Å²) < 4.78 is 17.2. The highest BCUT2D eigenvalue weighted by Crippen LogP contribution is 2.15. The average Bonchev–Trinajstić information content (AvgIpc) is 3.14. The first-order valence-corrected chi connectivity index (χ1v) is 22.5. The molecule has 0 amide bonds. The van der Waals surface area contributed by atoms with Gasteiger partial charge in [-0.3, -0.25) is 9.59 Å². The van der Waals surface area contributed by atoms with Crippen LogP contribution in [-0.2, 0) is 23.8 Å². The minimum atomic E-state index is -0.538. The average molecular weight is 731 g/mol. The van der Waals surface area contributed by atoms with E-state index in [0.29, 0.717) is 19.4 Å². The Morgan fingerprint density at radius 3 is 1.38 bits per heavy atom. The van der Waals surface area contributed by atoms with E-state index in [1.54, 1.807) is 0 Å². The van der Waals surface area contributed by atoms with Gasteiger partial charge in [0.15, 0.2) is 6.10 Å². The quantitative estimate of drug-likeness (QED) is 0.0356. The molecule has 0 aliphatic carbocycles. The smallest absolute Gasteiger partial charge is 0.306 e. The maximum atomic E-state index is 12.6. The van der Waals surface area contributed by atoms with Crippen molar-refractivity contribution in [3.05, 3.63) is 36.5 Å². The SMILES string of the molecule is CC/C=C\C/C=C\C/C=C\CCCCCCOCC(COC(=O)CCCCCCCCCCCCCCCCC)OC(=O)CCCCCCCCC. The Morgan fingerprint density at radius 2 is 0.865 bits per heavy atom. The van der Waals surface area contributed by atoms with Crippen LogP contribution in [0.25, 0.3) is 0 Å². The molecule has 0 fully saturated rings. The van der Waals surface area contributed by atoms with Gasteiger partial charge in [-0.1, -0.05) is 198 Å². The summed E-state index contributed by atoms with van der Waals surface area (Å²) in [5, 5.41) is 0. The number of rotatable bonds is 41. The maximum Gasteiger partial charge on any atom is 0.306 e. The zero-order valence-corrected chi connectivity index (χ0v) is 34.8. The first-order chi connectivity index (χ1) is 25.6. The minimum absolute atomic E-state index is 0.0806. The fraction of sp³-hybridized carbons (Fsp3) is 0.830. The molecule has 52 heavy (non-hydrogen) atoms. The van der Waals surface area contributed by atoms with E-state index in [2.05, 4.69) is 57.2 Å². The summed E-state index contributed by atoms with van der Waals surface area (Å²) in [4.78, 5) is 25.1. The van der Waals surface area contributed by atoms with Crippen LogP contribution >= 0.6 is 0 Å². The molecule has 0 aromatic rings. The molecule has 0 saturated carbocycles. The number of esters is 2. The summed E-state index contributed by atoms with van der Waals surface area (Å²) in [6.07, 6.45) is 50.1. The predicted octanol–water partition coefficient (Wildman–Crippen LogP) is 14.7. The molecule has 5 heteroatoms. The van der Waals surface area contributed by atoms with Gasteiger partial charge in [-0.15, -0.1) is 0 Å². The number of carbonyl (C=O) groups is 2. The predicted molar refractivity (Wildman–Crippen MR) is 224 cm³/mol. The van der Waals surface area contributed by atoms with Crippen LogP contribution in [0.5, 0.6) is 0 Å². The topological polar surface area (TPSA) is 61.8 Å². The third-order valence-electron chi connectivity index (χ3n) is 9.69. The normalized spacial score (nSPS) is 12.4. The van der Waals surface area contributed by atoms with Gasteiger partial charge in [-0.25, -0.2) is 0 Å². The Hall–Kier alpha value is -1.88. The van der Waals surface area contributed by atoms with Crippen molar-refractivity contribution in [2.45, 2.75) is 232 Å². The van der Waals surface area contributed by atoms with Crippen molar-refractivity contribution in [3.63, 3.8) is 0 Å². The number of hydrogen-bond donors (Lipinski definition) is 0. The molecule has 0 heterocycles. The zero-order valence-electron chi connectivity index (χ0n) is 34.8. The van der Waals surface area contributed by atoms with Gasteiger partial charge in [0.2, 0.25) is 0 Å². The van der Waals surface area contributed by atoms with E-state index in [1.165, 1.54) is 128 Å². The summed E-state index contributed by atoms with van der Waals surface area (Å²) in [7, 11) is 0. The molecule has 1 atom stereocenters. The standard InChI is InChI=1S/C47H86O5/c1-4-7-10-13-16-18-20-22-24-25-27-29-32-34-37-40-46(48)51-44-45(52-47(49)41-38-35-31-15-12-9-6-3)43-50-42-39-36-33-30-28-26-23-21-19-17-14-11-8-5-2/h8,11,17,19,23,26,45H,4-7,9-10,12-16,18,20-22,24-25,27-44H2,1-3H3/b11-8-,19-17-,26-23-. The first kappa shape index (κ1) is 50.1. The Kier molecular flexibility index (Phi) is 42.0. The van der Waals surface area contributed by atoms with Gasteiger partial charge in [0.25, 0.3) is 0 Å². The lowest BCUT2D eigenvalue weighted by Gasteiger charge is -2.18. The third-order valence-corrected chi connectivity index (χ3v) is 9.69. The summed E-state index contributed by atoms with van der Waals surface area (Å²) in [6.45, 7) is 7.65.